The highest BCUT2D eigenvalue weighted by atomic mass is 16.1. The van der Waals surface area contributed by atoms with Gasteiger partial charge in [-0.05, 0) is 57.9 Å². The second-order valence-electron chi connectivity index (χ2n) is 7.16. The van der Waals surface area contributed by atoms with Gasteiger partial charge in [-0.15, -0.1) is 0 Å². The molecule has 1 nitrogen and oxygen atoms in total. The molecule has 0 aliphatic heterocycles. The molecule has 0 heterocycles. The highest BCUT2D eigenvalue weighted by Gasteiger charge is 2.43. The highest BCUT2D eigenvalue weighted by Crippen LogP contribution is 2.52. The van der Waals surface area contributed by atoms with Gasteiger partial charge in [0.15, 0.2) is 5.78 Å². The number of carbonyl (C=O) groups excluding carboxylic acids is 1. The molecular formula is C22H16O. The van der Waals surface area contributed by atoms with Crippen molar-refractivity contribution >= 4 is 16.6 Å². The Morgan fingerprint density at radius 2 is 1.78 bits per heavy atom. The Kier molecular flexibility index (Phi) is 2.05. The van der Waals surface area contributed by atoms with E-state index < -0.39 is 0 Å². The first-order chi connectivity index (χ1) is 11.3. The largest absolute Gasteiger partial charge is 0.298 e. The lowest BCUT2D eigenvalue weighted by Gasteiger charge is -2.37. The van der Waals surface area contributed by atoms with Crippen LogP contribution in [0.15, 0.2) is 59.7 Å². The van der Waals surface area contributed by atoms with E-state index in [2.05, 4.69) is 48.6 Å². The van der Waals surface area contributed by atoms with Crippen molar-refractivity contribution in [1.82, 2.24) is 0 Å². The van der Waals surface area contributed by atoms with Crippen LogP contribution in [-0.4, -0.2) is 5.78 Å². The minimum atomic E-state index is -0.0453. The van der Waals surface area contributed by atoms with E-state index in [1.807, 2.05) is 0 Å². The van der Waals surface area contributed by atoms with E-state index in [4.69, 9.17) is 0 Å². The molecule has 0 aromatic heterocycles. The fourth-order valence-electron chi connectivity index (χ4n) is 5.14. The van der Waals surface area contributed by atoms with Crippen molar-refractivity contribution in [2.45, 2.75) is 31.1 Å². The molecule has 0 N–H and O–H groups in total. The van der Waals surface area contributed by atoms with Gasteiger partial charge in [-0.25, -0.2) is 0 Å². The quantitative estimate of drug-likeness (QED) is 0.653. The zero-order valence-electron chi connectivity index (χ0n) is 12.8. The zero-order chi connectivity index (χ0) is 15.1. The number of benzene rings is 2. The van der Waals surface area contributed by atoms with Crippen LogP contribution in [0.25, 0.3) is 10.8 Å². The summed E-state index contributed by atoms with van der Waals surface area (Å²) in [7, 11) is 0. The Morgan fingerprint density at radius 1 is 0.913 bits per heavy atom. The summed E-state index contributed by atoms with van der Waals surface area (Å²) in [5.41, 5.74) is 8.08. The molecule has 4 aliphatic rings. The first-order valence-electron chi connectivity index (χ1n) is 8.49. The maximum absolute atomic E-state index is 13.4. The number of rotatable bonds is 0. The average molecular weight is 296 g/mol. The van der Waals surface area contributed by atoms with Gasteiger partial charge in [-0.3, -0.25) is 4.79 Å². The van der Waals surface area contributed by atoms with Crippen molar-refractivity contribution in [1.29, 1.82) is 0 Å². The molecule has 0 bridgehead atoms. The van der Waals surface area contributed by atoms with Crippen LogP contribution < -0.4 is 0 Å². The van der Waals surface area contributed by atoms with Crippen LogP contribution >= 0.6 is 0 Å². The summed E-state index contributed by atoms with van der Waals surface area (Å²) in [6, 6.07) is 8.97. The van der Waals surface area contributed by atoms with Gasteiger partial charge in [0.2, 0.25) is 0 Å². The van der Waals surface area contributed by atoms with Gasteiger partial charge < -0.3 is 0 Å². The zero-order valence-corrected chi connectivity index (χ0v) is 12.8. The molecule has 0 amide bonds. The standard InChI is InChI=1S/C22H16O/c23-22-17-6-1-3-12-7-8-13-9-10-15-11-14-4-2-5-16(14)21(22)20(15)19(13)18(12)17/h1-2,5-10,17,21H,3-4,11H2. The fourth-order valence-corrected chi connectivity index (χ4v) is 5.14. The van der Waals surface area contributed by atoms with Crippen molar-refractivity contribution in [3.05, 3.63) is 82.0 Å². The SMILES string of the molecule is O=C1C2C=CCc3ccc4ccc5c(c4c32)C1C1=C(CC=C1)C5. The number of allylic oxidation sites excluding steroid dienone is 6. The Bertz CT molecular complexity index is 1020. The smallest absolute Gasteiger partial charge is 0.155 e. The third kappa shape index (κ3) is 1.33. The lowest BCUT2D eigenvalue weighted by atomic mass is 9.65. The van der Waals surface area contributed by atoms with Crippen LogP contribution in [0.2, 0.25) is 0 Å². The lowest BCUT2D eigenvalue weighted by molar-refractivity contribution is -0.120. The third-order valence-corrected chi connectivity index (χ3v) is 6.09. The molecule has 110 valence electrons. The van der Waals surface area contributed by atoms with E-state index in [9.17, 15) is 4.79 Å². The molecule has 0 spiro atoms. The molecule has 4 aliphatic carbocycles. The molecule has 0 saturated carbocycles. The molecule has 0 fully saturated rings. The second kappa shape index (κ2) is 3.91. The van der Waals surface area contributed by atoms with Crippen molar-refractivity contribution in [3.63, 3.8) is 0 Å². The average Bonchev–Trinajstić information content (AvgIpc) is 3.05. The molecule has 1 heteroatoms. The van der Waals surface area contributed by atoms with Gasteiger partial charge in [0, 0.05) is 0 Å². The number of ketones is 1. The van der Waals surface area contributed by atoms with Crippen LogP contribution in [0, 0.1) is 0 Å². The predicted octanol–water partition coefficient (Wildman–Crippen LogP) is 4.51. The summed E-state index contributed by atoms with van der Waals surface area (Å²) in [5, 5.41) is 2.68. The van der Waals surface area contributed by atoms with E-state index >= 15 is 0 Å². The molecule has 0 radical (unpaired) electrons. The van der Waals surface area contributed by atoms with Crippen molar-refractivity contribution in [3.8, 4) is 0 Å². The minimum Gasteiger partial charge on any atom is -0.298 e. The number of hydrogen-bond acceptors (Lipinski definition) is 1. The van der Waals surface area contributed by atoms with E-state index in [1.165, 1.54) is 44.2 Å². The van der Waals surface area contributed by atoms with Gasteiger partial charge >= 0.3 is 0 Å². The molecule has 2 unspecified atom stereocenters. The van der Waals surface area contributed by atoms with Crippen LogP contribution in [0.4, 0.5) is 0 Å². The first-order valence-corrected chi connectivity index (χ1v) is 8.49. The van der Waals surface area contributed by atoms with Crippen LogP contribution in [0.5, 0.6) is 0 Å². The Balaban J connectivity index is 1.81. The maximum atomic E-state index is 13.4. The van der Waals surface area contributed by atoms with Gasteiger partial charge in [-0.2, -0.15) is 0 Å². The van der Waals surface area contributed by atoms with Crippen molar-refractivity contribution < 1.29 is 4.79 Å². The number of carbonyl (C=O) groups is 1. The molecule has 6 rings (SSSR count). The summed E-state index contributed by atoms with van der Waals surface area (Å²) in [6.07, 6.45) is 11.7. The van der Waals surface area contributed by atoms with Gasteiger partial charge in [0.05, 0.1) is 11.8 Å². The molecule has 2 atom stereocenters. The van der Waals surface area contributed by atoms with E-state index in [0.717, 1.165) is 19.3 Å². The molecule has 0 saturated heterocycles. The normalized spacial score (nSPS) is 26.2. The Morgan fingerprint density at radius 3 is 2.70 bits per heavy atom. The maximum Gasteiger partial charge on any atom is 0.155 e. The summed E-state index contributed by atoms with van der Waals surface area (Å²) in [6.45, 7) is 0. The highest BCUT2D eigenvalue weighted by molar-refractivity contribution is 6.09. The van der Waals surface area contributed by atoms with E-state index in [-0.39, 0.29) is 11.8 Å². The summed E-state index contributed by atoms with van der Waals surface area (Å²) < 4.78 is 0. The van der Waals surface area contributed by atoms with Crippen LogP contribution in [-0.2, 0) is 17.6 Å². The molecular weight excluding hydrogens is 280 g/mol. The molecule has 2 aromatic carbocycles. The Labute approximate surface area is 135 Å². The monoisotopic (exact) mass is 296 g/mol. The van der Waals surface area contributed by atoms with Crippen molar-refractivity contribution in [2.24, 2.45) is 0 Å². The van der Waals surface area contributed by atoms with E-state index in [1.54, 1.807) is 0 Å². The fraction of sp³-hybridized carbons (Fsp3) is 0.227. The topological polar surface area (TPSA) is 17.1 Å². The summed E-state index contributed by atoms with van der Waals surface area (Å²) >= 11 is 0. The summed E-state index contributed by atoms with van der Waals surface area (Å²) in [5.74, 6) is 0.302. The summed E-state index contributed by atoms with van der Waals surface area (Å²) in [4.78, 5) is 13.4. The van der Waals surface area contributed by atoms with Crippen molar-refractivity contribution in [2.75, 3.05) is 0 Å². The van der Waals surface area contributed by atoms with Gasteiger partial charge in [0.25, 0.3) is 0 Å². The number of Topliss-reactive ketones (excluding diaryl/α,β-unsaturated/α-hetero) is 1. The Hall–Kier alpha value is -2.41. The van der Waals surface area contributed by atoms with Crippen LogP contribution in [0.3, 0.4) is 0 Å². The first kappa shape index (κ1) is 12.1. The predicted molar refractivity (Wildman–Crippen MR) is 91.8 cm³/mol. The molecule has 2 aromatic rings. The lowest BCUT2D eigenvalue weighted by Crippen LogP contribution is -2.31. The van der Waals surface area contributed by atoms with Gasteiger partial charge in [0.1, 0.15) is 0 Å². The second-order valence-corrected chi connectivity index (χ2v) is 7.16. The molecule has 23 heavy (non-hydrogen) atoms. The van der Waals surface area contributed by atoms with Crippen LogP contribution in [0.1, 0.15) is 40.5 Å². The minimum absolute atomic E-state index is 0.0355. The number of hydrogen-bond donors (Lipinski definition) is 0. The third-order valence-electron chi connectivity index (χ3n) is 6.09. The van der Waals surface area contributed by atoms with Gasteiger partial charge in [-0.1, -0.05) is 54.1 Å². The number of fused-ring (bicyclic) bond motifs is 1. The van der Waals surface area contributed by atoms with E-state index in [0.29, 0.717) is 5.78 Å².